The van der Waals surface area contributed by atoms with E-state index < -0.39 is 6.10 Å². The highest BCUT2D eigenvalue weighted by Crippen LogP contribution is 2.22. The number of nitrogens with zero attached hydrogens (tertiary/aromatic N) is 3. The van der Waals surface area contributed by atoms with Crippen LogP contribution in [-0.4, -0.2) is 72.5 Å². The van der Waals surface area contributed by atoms with Crippen molar-refractivity contribution >= 4 is 12.0 Å². The summed E-state index contributed by atoms with van der Waals surface area (Å²) in [7, 11) is 5.21. The van der Waals surface area contributed by atoms with Crippen LogP contribution in [0.25, 0.3) is 11.8 Å². The summed E-state index contributed by atoms with van der Waals surface area (Å²) in [5.41, 5.74) is 3.13. The maximum absolute atomic E-state index is 12.1. The molecule has 0 aliphatic carbocycles. The van der Waals surface area contributed by atoms with E-state index in [2.05, 4.69) is 10.3 Å². The van der Waals surface area contributed by atoms with Crippen molar-refractivity contribution in [3.63, 3.8) is 0 Å². The minimum Gasteiger partial charge on any atom is -0.497 e. The summed E-state index contributed by atoms with van der Waals surface area (Å²) >= 11 is 0. The molecule has 1 unspecified atom stereocenters. The number of likely N-dealkylation sites (N-methyl/N-ethyl adjacent to an activating group) is 1. The highest BCUT2D eigenvalue weighted by Gasteiger charge is 2.10. The largest absolute Gasteiger partial charge is 0.497 e. The molecule has 3 rings (SSSR count). The fourth-order valence-electron chi connectivity index (χ4n) is 3.62. The van der Waals surface area contributed by atoms with Gasteiger partial charge in [-0.2, -0.15) is 0 Å². The Morgan fingerprint density at radius 2 is 1.89 bits per heavy atom. The maximum atomic E-state index is 12.1. The van der Waals surface area contributed by atoms with Crippen molar-refractivity contribution in [1.29, 1.82) is 0 Å². The van der Waals surface area contributed by atoms with Crippen LogP contribution in [0.1, 0.15) is 17.5 Å². The number of rotatable bonds is 13. The number of nitrogens with one attached hydrogen (secondary N) is 1. The van der Waals surface area contributed by atoms with Crippen LogP contribution in [0.4, 0.5) is 0 Å². The van der Waals surface area contributed by atoms with E-state index >= 15 is 0 Å². The first-order chi connectivity index (χ1) is 17.0. The van der Waals surface area contributed by atoms with Crippen molar-refractivity contribution in [2.75, 3.05) is 40.9 Å². The number of ether oxygens (including phenoxy) is 2. The summed E-state index contributed by atoms with van der Waals surface area (Å²) in [6, 6.07) is 13.8. The normalized spacial score (nSPS) is 12.1. The average Bonchev–Trinajstić information content (AvgIpc) is 3.41. The van der Waals surface area contributed by atoms with Gasteiger partial charge in [0.15, 0.2) is 0 Å². The Morgan fingerprint density at radius 1 is 1.17 bits per heavy atom. The molecule has 1 amide bonds. The first kappa shape index (κ1) is 26.0. The topological polar surface area (TPSA) is 88.9 Å². The van der Waals surface area contributed by atoms with E-state index in [0.717, 1.165) is 41.3 Å². The number of imidazole rings is 1. The van der Waals surface area contributed by atoms with Gasteiger partial charge in [-0.05, 0) is 48.9 Å². The van der Waals surface area contributed by atoms with Gasteiger partial charge in [-0.3, -0.25) is 4.79 Å². The van der Waals surface area contributed by atoms with Gasteiger partial charge in [0, 0.05) is 50.2 Å². The minimum atomic E-state index is -0.650. The summed E-state index contributed by atoms with van der Waals surface area (Å²) in [6.07, 6.45) is 9.50. The molecule has 0 aliphatic rings. The molecule has 186 valence electrons. The molecule has 2 N–H and O–H groups in total. The Hall–Kier alpha value is -3.62. The summed E-state index contributed by atoms with van der Waals surface area (Å²) in [5.74, 6) is 1.39. The van der Waals surface area contributed by atoms with Crippen LogP contribution < -0.4 is 14.8 Å². The zero-order chi connectivity index (χ0) is 25.0. The molecule has 35 heavy (non-hydrogen) atoms. The van der Waals surface area contributed by atoms with Crippen molar-refractivity contribution in [2.45, 2.75) is 18.9 Å². The Balaban J connectivity index is 1.35. The van der Waals surface area contributed by atoms with E-state index in [-0.39, 0.29) is 18.9 Å². The molecular formula is C27H34N4O4. The van der Waals surface area contributed by atoms with Gasteiger partial charge in [0.2, 0.25) is 5.91 Å². The van der Waals surface area contributed by atoms with Crippen LogP contribution in [0.5, 0.6) is 11.5 Å². The molecular weight excluding hydrogens is 444 g/mol. The highest BCUT2D eigenvalue weighted by atomic mass is 16.5. The number of hydrogen-bond donors (Lipinski definition) is 2. The van der Waals surface area contributed by atoms with Crippen molar-refractivity contribution in [3.8, 4) is 17.2 Å². The van der Waals surface area contributed by atoms with E-state index in [1.54, 1.807) is 26.7 Å². The van der Waals surface area contributed by atoms with Crippen LogP contribution in [-0.2, 0) is 11.2 Å². The van der Waals surface area contributed by atoms with Gasteiger partial charge < -0.3 is 29.4 Å². The van der Waals surface area contributed by atoms with Crippen molar-refractivity contribution < 1.29 is 19.4 Å². The Labute approximate surface area is 206 Å². The lowest BCUT2D eigenvalue weighted by molar-refractivity contribution is -0.120. The number of amides is 1. The zero-order valence-corrected chi connectivity index (χ0v) is 20.6. The molecule has 8 nitrogen and oxygen atoms in total. The molecule has 0 spiro atoms. The molecule has 1 aromatic heterocycles. The summed E-state index contributed by atoms with van der Waals surface area (Å²) < 4.78 is 12.6. The van der Waals surface area contributed by atoms with Crippen molar-refractivity contribution in [3.05, 3.63) is 78.4 Å². The van der Waals surface area contributed by atoms with Gasteiger partial charge in [-0.1, -0.05) is 24.3 Å². The number of hydrogen-bond acceptors (Lipinski definition) is 6. The molecule has 0 radical (unpaired) electrons. The van der Waals surface area contributed by atoms with Crippen molar-refractivity contribution in [1.82, 2.24) is 19.8 Å². The molecule has 0 bridgehead atoms. The molecule has 3 aromatic rings. The first-order valence-corrected chi connectivity index (χ1v) is 11.6. The number of carbonyl (C=O) groups excluding carboxylic acids is 1. The second-order valence-electron chi connectivity index (χ2n) is 8.36. The van der Waals surface area contributed by atoms with Gasteiger partial charge in [0.05, 0.1) is 26.7 Å². The average molecular weight is 479 g/mol. The van der Waals surface area contributed by atoms with Gasteiger partial charge in [0.25, 0.3) is 0 Å². The van der Waals surface area contributed by atoms with Crippen LogP contribution >= 0.6 is 0 Å². The van der Waals surface area contributed by atoms with Gasteiger partial charge >= 0.3 is 0 Å². The van der Waals surface area contributed by atoms with Gasteiger partial charge in [0.1, 0.15) is 11.5 Å². The predicted octanol–water partition coefficient (Wildman–Crippen LogP) is 2.94. The number of aromatic nitrogens is 2. The first-order valence-electron chi connectivity index (χ1n) is 11.6. The maximum Gasteiger partial charge on any atom is 0.223 e. The SMILES string of the molecule is COc1cc(CCN(C)CC(O)CNC(=O)CC=Cc2ccc(-n3ccnc3)cc2)cc(OC)c1. The van der Waals surface area contributed by atoms with E-state index in [1.807, 2.05) is 77.3 Å². The third kappa shape index (κ3) is 8.59. The Bertz CT molecular complexity index is 1060. The third-order valence-electron chi connectivity index (χ3n) is 5.56. The number of carbonyl (C=O) groups is 1. The van der Waals surface area contributed by atoms with Gasteiger partial charge in [-0.25, -0.2) is 4.98 Å². The molecule has 2 aromatic carbocycles. The highest BCUT2D eigenvalue weighted by molar-refractivity contribution is 5.78. The Morgan fingerprint density at radius 3 is 2.51 bits per heavy atom. The van der Waals surface area contributed by atoms with Crippen LogP contribution in [0.3, 0.4) is 0 Å². The second-order valence-corrected chi connectivity index (χ2v) is 8.36. The van der Waals surface area contributed by atoms with Crippen LogP contribution in [0.2, 0.25) is 0 Å². The number of methoxy groups -OCH3 is 2. The summed E-state index contributed by atoms with van der Waals surface area (Å²) in [6.45, 7) is 1.42. The fourth-order valence-corrected chi connectivity index (χ4v) is 3.62. The quantitative estimate of drug-likeness (QED) is 0.393. The molecule has 1 atom stereocenters. The third-order valence-corrected chi connectivity index (χ3v) is 5.56. The van der Waals surface area contributed by atoms with E-state index in [9.17, 15) is 9.90 Å². The van der Waals surface area contributed by atoms with Crippen molar-refractivity contribution in [2.24, 2.45) is 0 Å². The minimum absolute atomic E-state index is 0.124. The number of benzene rings is 2. The van der Waals surface area contributed by atoms with Gasteiger partial charge in [-0.15, -0.1) is 0 Å². The zero-order valence-electron chi connectivity index (χ0n) is 20.6. The molecule has 0 saturated heterocycles. The second kappa shape index (κ2) is 13.3. The smallest absolute Gasteiger partial charge is 0.223 e. The molecule has 0 fully saturated rings. The standard InChI is InChI=1S/C27H34N4O4/c1-30(13-11-22-15-25(34-2)17-26(16-22)35-3)19-24(32)18-29-27(33)6-4-5-21-7-9-23(10-8-21)31-14-12-28-20-31/h4-5,7-10,12,14-17,20,24,32H,6,11,13,18-19H2,1-3H3,(H,29,33). The molecule has 0 aliphatic heterocycles. The van der Waals surface area contributed by atoms with E-state index in [0.29, 0.717) is 6.54 Å². The number of aliphatic hydroxyl groups is 1. The molecule has 0 saturated carbocycles. The molecule has 8 heteroatoms. The van der Waals surface area contributed by atoms with E-state index in [4.69, 9.17) is 9.47 Å². The molecule has 1 heterocycles. The predicted molar refractivity (Wildman–Crippen MR) is 137 cm³/mol. The van der Waals surface area contributed by atoms with E-state index in [1.165, 1.54) is 0 Å². The monoisotopic (exact) mass is 478 g/mol. The number of aliphatic hydroxyl groups excluding tert-OH is 1. The van der Waals surface area contributed by atoms with Crippen LogP contribution in [0, 0.1) is 0 Å². The van der Waals surface area contributed by atoms with Crippen LogP contribution in [0.15, 0.2) is 67.3 Å². The fraction of sp³-hybridized carbons (Fsp3) is 0.333. The lowest BCUT2D eigenvalue weighted by Gasteiger charge is -2.21. The lowest BCUT2D eigenvalue weighted by Crippen LogP contribution is -2.39. The summed E-state index contributed by atoms with van der Waals surface area (Å²) in [5, 5.41) is 13.1. The Kier molecular flexibility index (Phi) is 9.89. The summed E-state index contributed by atoms with van der Waals surface area (Å²) in [4.78, 5) is 18.2. The lowest BCUT2D eigenvalue weighted by atomic mass is 10.1.